The van der Waals surface area contributed by atoms with E-state index in [1.54, 1.807) is 7.11 Å². The number of methoxy groups -OCH3 is 1. The summed E-state index contributed by atoms with van der Waals surface area (Å²) >= 11 is 0. The molecule has 0 amide bonds. The van der Waals surface area contributed by atoms with Gasteiger partial charge in [0, 0.05) is 7.11 Å². The summed E-state index contributed by atoms with van der Waals surface area (Å²) in [7, 11) is 1.71. The minimum atomic E-state index is 0.267. The van der Waals surface area contributed by atoms with Gasteiger partial charge in [0.2, 0.25) is 5.88 Å². The summed E-state index contributed by atoms with van der Waals surface area (Å²) in [4.78, 5) is 8.39. The Hall–Kier alpha value is -1.36. The van der Waals surface area contributed by atoms with Crippen molar-refractivity contribution in [3.8, 4) is 5.88 Å². The number of hydrogen-bond donors (Lipinski definition) is 1. The van der Waals surface area contributed by atoms with Crippen LogP contribution in [0.4, 0.5) is 5.82 Å². The average molecular weight is 253 g/mol. The van der Waals surface area contributed by atoms with Crippen LogP contribution >= 0.6 is 0 Å². The minimum absolute atomic E-state index is 0.267. The van der Waals surface area contributed by atoms with Gasteiger partial charge in [-0.25, -0.2) is 9.97 Å². The molecule has 0 aliphatic heterocycles. The highest BCUT2D eigenvalue weighted by atomic mass is 16.5. The van der Waals surface area contributed by atoms with Gasteiger partial charge >= 0.3 is 0 Å². The van der Waals surface area contributed by atoms with Crippen LogP contribution in [0.5, 0.6) is 5.88 Å². The molecule has 5 heteroatoms. The summed E-state index contributed by atoms with van der Waals surface area (Å²) in [5, 5.41) is 3.39. The molecule has 0 aliphatic rings. The van der Waals surface area contributed by atoms with E-state index < -0.39 is 0 Å². The molecule has 1 aromatic rings. The Kier molecular flexibility index (Phi) is 6.43. The van der Waals surface area contributed by atoms with E-state index in [1.165, 1.54) is 6.33 Å². The highest BCUT2D eigenvalue weighted by Gasteiger charge is 2.12. The zero-order chi connectivity index (χ0) is 13.4. The van der Waals surface area contributed by atoms with E-state index >= 15 is 0 Å². The molecule has 0 aliphatic carbocycles. The standard InChI is InChI=1S/C13H23N3O2/c1-5-7-11(8-17-4)16-12-10(3)13(18-6-2)15-9-14-12/h9,11H,5-8H2,1-4H3,(H,14,15,16). The Morgan fingerprint density at radius 3 is 2.72 bits per heavy atom. The number of nitrogens with zero attached hydrogens (tertiary/aromatic N) is 2. The van der Waals surface area contributed by atoms with Crippen molar-refractivity contribution in [3.05, 3.63) is 11.9 Å². The maximum atomic E-state index is 5.46. The Balaban J connectivity index is 2.78. The number of anilines is 1. The predicted octanol–water partition coefficient (Wildman–Crippen LogP) is 2.41. The van der Waals surface area contributed by atoms with Crippen molar-refractivity contribution in [1.29, 1.82) is 0 Å². The highest BCUT2D eigenvalue weighted by Crippen LogP contribution is 2.21. The first-order chi connectivity index (χ1) is 8.72. The molecular formula is C13H23N3O2. The van der Waals surface area contributed by atoms with Crippen LogP contribution in [0.25, 0.3) is 0 Å². The van der Waals surface area contributed by atoms with Crippen LogP contribution in [-0.2, 0) is 4.74 Å². The Bertz CT molecular complexity index is 352. The molecule has 0 saturated carbocycles. The van der Waals surface area contributed by atoms with Crippen LogP contribution in [0, 0.1) is 6.92 Å². The second-order valence-electron chi connectivity index (χ2n) is 4.17. The van der Waals surface area contributed by atoms with Gasteiger partial charge < -0.3 is 14.8 Å². The molecule has 1 aromatic heterocycles. The molecule has 0 spiro atoms. The Morgan fingerprint density at radius 2 is 2.11 bits per heavy atom. The van der Waals surface area contributed by atoms with E-state index in [-0.39, 0.29) is 6.04 Å². The summed E-state index contributed by atoms with van der Waals surface area (Å²) in [6, 6.07) is 0.267. The Labute approximate surface area is 109 Å². The fourth-order valence-corrected chi connectivity index (χ4v) is 1.80. The summed E-state index contributed by atoms with van der Waals surface area (Å²) in [6.07, 6.45) is 3.67. The third kappa shape index (κ3) is 4.14. The fourth-order valence-electron chi connectivity index (χ4n) is 1.80. The summed E-state index contributed by atoms with van der Waals surface area (Å²) in [5.41, 5.74) is 0.941. The normalized spacial score (nSPS) is 12.2. The van der Waals surface area contributed by atoms with Crippen molar-refractivity contribution < 1.29 is 9.47 Å². The quantitative estimate of drug-likeness (QED) is 0.771. The van der Waals surface area contributed by atoms with Crippen molar-refractivity contribution in [2.45, 2.75) is 39.7 Å². The predicted molar refractivity (Wildman–Crippen MR) is 72.1 cm³/mol. The van der Waals surface area contributed by atoms with E-state index in [9.17, 15) is 0 Å². The lowest BCUT2D eigenvalue weighted by atomic mass is 10.1. The summed E-state index contributed by atoms with van der Waals surface area (Å²) in [5.74, 6) is 1.46. The fraction of sp³-hybridized carbons (Fsp3) is 0.692. The van der Waals surface area contributed by atoms with Crippen LogP contribution in [0.2, 0.25) is 0 Å². The van der Waals surface area contributed by atoms with Gasteiger partial charge in [0.15, 0.2) is 0 Å². The largest absolute Gasteiger partial charge is 0.478 e. The number of aromatic nitrogens is 2. The highest BCUT2D eigenvalue weighted by molar-refractivity contribution is 5.48. The van der Waals surface area contributed by atoms with Crippen LogP contribution in [-0.4, -0.2) is 36.3 Å². The molecule has 18 heavy (non-hydrogen) atoms. The molecule has 0 aromatic carbocycles. The van der Waals surface area contributed by atoms with Crippen molar-refractivity contribution in [1.82, 2.24) is 9.97 Å². The lowest BCUT2D eigenvalue weighted by molar-refractivity contribution is 0.182. The van der Waals surface area contributed by atoms with Gasteiger partial charge in [0.05, 0.1) is 24.8 Å². The van der Waals surface area contributed by atoms with Crippen molar-refractivity contribution in [2.75, 3.05) is 25.6 Å². The molecule has 1 atom stereocenters. The maximum absolute atomic E-state index is 5.46. The average Bonchev–Trinajstić information content (AvgIpc) is 2.35. The van der Waals surface area contributed by atoms with Gasteiger partial charge in [-0.15, -0.1) is 0 Å². The monoisotopic (exact) mass is 253 g/mol. The number of nitrogens with one attached hydrogen (secondary N) is 1. The van der Waals surface area contributed by atoms with Gasteiger partial charge in [0.25, 0.3) is 0 Å². The molecule has 0 radical (unpaired) electrons. The van der Waals surface area contributed by atoms with Gasteiger partial charge in [-0.3, -0.25) is 0 Å². The molecule has 1 unspecified atom stereocenters. The smallest absolute Gasteiger partial charge is 0.221 e. The lowest BCUT2D eigenvalue weighted by Gasteiger charge is -2.19. The van der Waals surface area contributed by atoms with Crippen LogP contribution < -0.4 is 10.1 Å². The van der Waals surface area contributed by atoms with Crippen molar-refractivity contribution >= 4 is 5.82 Å². The Morgan fingerprint density at radius 1 is 1.33 bits per heavy atom. The van der Waals surface area contributed by atoms with Gasteiger partial charge in [-0.1, -0.05) is 13.3 Å². The van der Waals surface area contributed by atoms with Gasteiger partial charge in [-0.2, -0.15) is 0 Å². The molecule has 0 bridgehead atoms. The van der Waals surface area contributed by atoms with E-state index in [2.05, 4.69) is 22.2 Å². The summed E-state index contributed by atoms with van der Waals surface area (Å²) < 4.78 is 10.7. The van der Waals surface area contributed by atoms with Crippen LogP contribution in [0.15, 0.2) is 6.33 Å². The summed E-state index contributed by atoms with van der Waals surface area (Å²) in [6.45, 7) is 7.33. The zero-order valence-electron chi connectivity index (χ0n) is 11.7. The lowest BCUT2D eigenvalue weighted by Crippen LogP contribution is -2.25. The van der Waals surface area contributed by atoms with Crippen LogP contribution in [0.3, 0.4) is 0 Å². The van der Waals surface area contributed by atoms with E-state index in [0.717, 1.165) is 24.2 Å². The molecule has 1 rings (SSSR count). The third-order valence-electron chi connectivity index (χ3n) is 2.66. The second-order valence-corrected chi connectivity index (χ2v) is 4.17. The number of rotatable bonds is 8. The van der Waals surface area contributed by atoms with Crippen molar-refractivity contribution in [2.24, 2.45) is 0 Å². The van der Waals surface area contributed by atoms with Gasteiger partial charge in [0.1, 0.15) is 12.1 Å². The first-order valence-corrected chi connectivity index (χ1v) is 6.42. The first-order valence-electron chi connectivity index (χ1n) is 6.42. The van der Waals surface area contributed by atoms with Crippen molar-refractivity contribution in [3.63, 3.8) is 0 Å². The van der Waals surface area contributed by atoms with E-state index in [0.29, 0.717) is 19.1 Å². The topological polar surface area (TPSA) is 56.3 Å². The van der Waals surface area contributed by atoms with E-state index in [1.807, 2.05) is 13.8 Å². The number of hydrogen-bond acceptors (Lipinski definition) is 5. The van der Waals surface area contributed by atoms with Crippen LogP contribution in [0.1, 0.15) is 32.3 Å². The number of ether oxygens (including phenoxy) is 2. The molecule has 1 heterocycles. The molecule has 0 saturated heterocycles. The first kappa shape index (κ1) is 14.7. The molecule has 5 nitrogen and oxygen atoms in total. The SMILES string of the molecule is CCCC(COC)Nc1ncnc(OCC)c1C. The second kappa shape index (κ2) is 7.87. The minimum Gasteiger partial charge on any atom is -0.478 e. The molecule has 102 valence electrons. The van der Waals surface area contributed by atoms with Gasteiger partial charge in [-0.05, 0) is 20.3 Å². The molecule has 0 fully saturated rings. The molecule has 1 N–H and O–H groups in total. The maximum Gasteiger partial charge on any atom is 0.221 e. The zero-order valence-corrected chi connectivity index (χ0v) is 11.7. The third-order valence-corrected chi connectivity index (χ3v) is 2.66. The molecular weight excluding hydrogens is 230 g/mol. The van der Waals surface area contributed by atoms with E-state index in [4.69, 9.17) is 9.47 Å².